The molecule has 0 aliphatic rings. The maximum Gasteiger partial charge on any atom is 0.330 e. The highest BCUT2D eigenvalue weighted by Crippen LogP contribution is 2.37. The number of hydrogen-bond donors (Lipinski definition) is 1. The molecule has 0 heterocycles. The zero-order valence-electron chi connectivity index (χ0n) is 46.5. The van der Waals surface area contributed by atoms with E-state index in [9.17, 15) is 9.59 Å². The van der Waals surface area contributed by atoms with E-state index in [1.807, 2.05) is 55.5 Å². The van der Waals surface area contributed by atoms with Gasteiger partial charge in [-0.3, -0.25) is 0 Å². The summed E-state index contributed by atoms with van der Waals surface area (Å²) in [4.78, 5) is 22.0. The van der Waals surface area contributed by atoms with Crippen LogP contribution < -0.4 is 0 Å². The van der Waals surface area contributed by atoms with Crippen LogP contribution in [0.25, 0.3) is 51.7 Å². The van der Waals surface area contributed by atoms with E-state index in [0.717, 1.165) is 47.6 Å². The average Bonchev–Trinajstić information content (AvgIpc) is 3.52. The van der Waals surface area contributed by atoms with Gasteiger partial charge in [0.1, 0.15) is 0 Å². The van der Waals surface area contributed by atoms with E-state index in [1.165, 1.54) is 91.1 Å². The minimum absolute atomic E-state index is 0.355. The number of methoxy groups -OCH3 is 1. The maximum absolute atomic E-state index is 11.3. The molecular formula is C76H70O4. The van der Waals surface area contributed by atoms with E-state index < -0.39 is 5.97 Å². The Morgan fingerprint density at radius 3 is 0.812 bits per heavy atom. The van der Waals surface area contributed by atoms with Crippen molar-refractivity contribution in [3.8, 4) is 0 Å². The van der Waals surface area contributed by atoms with Gasteiger partial charge in [-0.1, -0.05) is 288 Å². The van der Waals surface area contributed by atoms with Crippen molar-refractivity contribution >= 4 is 63.6 Å². The molecule has 0 spiro atoms. The molecule has 398 valence electrons. The molecule has 0 bridgehead atoms. The Morgan fingerprint density at radius 2 is 0.575 bits per heavy atom. The molecule has 0 radical (unpaired) electrons. The van der Waals surface area contributed by atoms with Gasteiger partial charge in [-0.15, -0.1) is 0 Å². The van der Waals surface area contributed by atoms with Gasteiger partial charge < -0.3 is 9.84 Å². The Labute approximate surface area is 474 Å². The van der Waals surface area contributed by atoms with Gasteiger partial charge in [0.05, 0.1) is 7.11 Å². The van der Waals surface area contributed by atoms with Gasteiger partial charge in [-0.25, -0.2) is 9.59 Å². The molecule has 0 saturated carbocycles. The van der Waals surface area contributed by atoms with Crippen molar-refractivity contribution in [1.29, 1.82) is 0 Å². The predicted octanol–water partition coefficient (Wildman–Crippen LogP) is 19.5. The Bertz CT molecular complexity index is 3540. The maximum atomic E-state index is 11.3. The molecule has 0 unspecified atom stereocenters. The molecule has 4 nitrogen and oxygen atoms in total. The van der Waals surface area contributed by atoms with Crippen LogP contribution in [0.1, 0.15) is 114 Å². The lowest BCUT2D eigenvalue weighted by atomic mass is 9.88. The number of carboxylic acid groups (broad SMARTS) is 1. The van der Waals surface area contributed by atoms with E-state index in [4.69, 9.17) is 5.11 Å². The van der Waals surface area contributed by atoms with Crippen molar-refractivity contribution in [3.05, 3.63) is 340 Å². The summed E-state index contributed by atoms with van der Waals surface area (Å²) >= 11 is 0. The molecule has 0 aliphatic carbocycles. The van der Waals surface area contributed by atoms with Gasteiger partial charge in [0.25, 0.3) is 0 Å². The van der Waals surface area contributed by atoms with Gasteiger partial charge in [0.15, 0.2) is 0 Å². The zero-order valence-corrected chi connectivity index (χ0v) is 46.5. The summed E-state index contributed by atoms with van der Waals surface area (Å²) in [6.45, 7) is 8.65. The van der Waals surface area contributed by atoms with Crippen LogP contribution in [0.4, 0.5) is 0 Å². The van der Waals surface area contributed by atoms with Crippen molar-refractivity contribution in [3.63, 3.8) is 0 Å². The van der Waals surface area contributed by atoms with Crippen molar-refractivity contribution in [2.45, 2.75) is 47.0 Å². The first-order valence-corrected chi connectivity index (χ1v) is 27.4. The predicted molar refractivity (Wildman–Crippen MR) is 339 cm³/mol. The highest BCUT2D eigenvalue weighted by molar-refractivity contribution is 6.01. The summed E-state index contributed by atoms with van der Waals surface area (Å²) in [6.07, 6.45) is 13.0. The number of rotatable bonds is 17. The topological polar surface area (TPSA) is 63.6 Å². The molecule has 1 N–H and O–H groups in total. The number of carbonyl (C=O) groups excluding carboxylic acids is 1. The largest absolute Gasteiger partial charge is 0.478 e. The van der Waals surface area contributed by atoms with Gasteiger partial charge in [-0.05, 0) is 139 Å². The molecule has 9 aromatic rings. The lowest BCUT2D eigenvalue weighted by molar-refractivity contribution is -0.135. The van der Waals surface area contributed by atoms with Crippen LogP contribution in [0.3, 0.4) is 0 Å². The van der Waals surface area contributed by atoms with E-state index >= 15 is 0 Å². The van der Waals surface area contributed by atoms with Crippen LogP contribution in [-0.2, 0) is 14.3 Å². The molecule has 80 heavy (non-hydrogen) atoms. The fourth-order valence-corrected chi connectivity index (χ4v) is 9.73. The second-order valence-corrected chi connectivity index (χ2v) is 18.7. The van der Waals surface area contributed by atoms with Crippen LogP contribution in [0.2, 0.25) is 0 Å². The number of hydrogen-bond acceptors (Lipinski definition) is 3. The summed E-state index contributed by atoms with van der Waals surface area (Å²) in [5.41, 5.74) is 21.7. The number of aliphatic carboxylic acids is 1. The van der Waals surface area contributed by atoms with E-state index in [0.29, 0.717) is 0 Å². The number of benzene rings is 9. The molecule has 0 atom stereocenters. The minimum Gasteiger partial charge on any atom is -0.478 e. The molecule has 9 rings (SSSR count). The van der Waals surface area contributed by atoms with Gasteiger partial charge in [-0.2, -0.15) is 0 Å². The van der Waals surface area contributed by atoms with Crippen molar-refractivity contribution in [2.75, 3.05) is 7.11 Å². The summed E-state index contributed by atoms with van der Waals surface area (Å²) in [7, 11) is 1.38. The Kier molecular flexibility index (Phi) is 22.4. The van der Waals surface area contributed by atoms with Gasteiger partial charge in [0, 0.05) is 12.2 Å². The third-order valence-electron chi connectivity index (χ3n) is 13.5. The Balaban J connectivity index is 0.000000174. The third kappa shape index (κ3) is 16.4. The SMILES string of the molecule is C/C=C/c1ccc(/C(=C(/CC)c2ccccc2)c2ccccc2)cc1.CC/C(=C(\c1ccccc1)c1ccc(/C=C/C(=O)O)cc1)c1ccccc1.CC/C(=C(\c1ccccc1)c1ccc(/C=C/C(=O)OC)cc1)c1ccccc1. The Morgan fingerprint density at radius 1 is 0.338 bits per heavy atom. The quantitative estimate of drug-likeness (QED) is 0.0561. The number of carbonyl (C=O) groups is 2. The van der Waals surface area contributed by atoms with Crippen LogP contribution in [-0.4, -0.2) is 24.2 Å². The first kappa shape index (κ1) is 58.1. The van der Waals surface area contributed by atoms with E-state index in [2.05, 4.69) is 244 Å². The van der Waals surface area contributed by atoms with E-state index in [1.54, 1.807) is 12.2 Å². The normalized spacial score (nSPS) is 12.1. The Hall–Kier alpha value is -9.64. The first-order chi connectivity index (χ1) is 39.2. The molecule has 0 fully saturated rings. The number of ether oxygens (including phenoxy) is 1. The fourth-order valence-electron chi connectivity index (χ4n) is 9.73. The summed E-state index contributed by atoms with van der Waals surface area (Å²) in [5, 5.41) is 8.80. The average molecular weight is 1050 g/mol. The van der Waals surface area contributed by atoms with E-state index in [-0.39, 0.29) is 5.97 Å². The molecule has 9 aromatic carbocycles. The molecule has 0 aromatic heterocycles. The lowest BCUT2D eigenvalue weighted by Crippen LogP contribution is -1.95. The number of allylic oxidation sites excluding steroid dienone is 4. The summed E-state index contributed by atoms with van der Waals surface area (Å²) in [6, 6.07) is 88.4. The fraction of sp³-hybridized carbons (Fsp3) is 0.105. The smallest absolute Gasteiger partial charge is 0.330 e. The van der Waals surface area contributed by atoms with Crippen molar-refractivity contribution in [2.24, 2.45) is 0 Å². The van der Waals surface area contributed by atoms with Crippen molar-refractivity contribution in [1.82, 2.24) is 0 Å². The van der Waals surface area contributed by atoms with Crippen molar-refractivity contribution < 1.29 is 19.4 Å². The highest BCUT2D eigenvalue weighted by atomic mass is 16.5. The van der Waals surface area contributed by atoms with Crippen LogP contribution in [0.5, 0.6) is 0 Å². The van der Waals surface area contributed by atoms with Crippen LogP contribution in [0, 0.1) is 0 Å². The highest BCUT2D eigenvalue weighted by Gasteiger charge is 2.16. The number of carboxylic acids is 1. The summed E-state index contributed by atoms with van der Waals surface area (Å²) in [5.74, 6) is -1.30. The van der Waals surface area contributed by atoms with Gasteiger partial charge in [0.2, 0.25) is 0 Å². The van der Waals surface area contributed by atoms with Crippen LogP contribution in [0.15, 0.2) is 273 Å². The third-order valence-corrected chi connectivity index (χ3v) is 13.5. The number of esters is 1. The molecular weight excluding hydrogens is 977 g/mol. The molecule has 0 saturated heterocycles. The monoisotopic (exact) mass is 1050 g/mol. The summed E-state index contributed by atoms with van der Waals surface area (Å²) < 4.78 is 4.65. The second kappa shape index (κ2) is 30.9. The lowest BCUT2D eigenvalue weighted by Gasteiger charge is -2.16. The molecule has 4 heteroatoms. The van der Waals surface area contributed by atoms with Crippen LogP contribution >= 0.6 is 0 Å². The minimum atomic E-state index is -0.943. The second-order valence-electron chi connectivity index (χ2n) is 18.7. The molecule has 0 aliphatic heterocycles. The first-order valence-electron chi connectivity index (χ1n) is 27.4. The zero-order chi connectivity index (χ0) is 56.3. The van der Waals surface area contributed by atoms with Gasteiger partial charge >= 0.3 is 11.9 Å². The standard InChI is InChI=1S/C26H24O2.C25H22O2.C25H24/c1-3-24(21-10-6-4-7-11-21)26(22-12-8-5-9-13-22)23-17-14-20(15-18-23)16-19-25(27)28-2;1-2-23(20-9-5-3-6-10-20)25(21-11-7-4-8-12-21)22-16-13-19(14-17-22)15-18-24(26)27;1-3-11-20-16-18-23(19-17-20)25(22-14-9-6-10-15-22)24(4-2)21-12-7-5-8-13-21/h4-19H,3H2,1-2H3;3-18H,2H2,1H3,(H,26,27);3,5-19H,4H2,1-2H3/b19-16+,26-24-;18-15+,25-23-;11-3+,25-24-. The molecule has 0 amide bonds.